The molecule has 2 aromatic heterocycles. The normalized spacial score (nSPS) is 17.7. The Balaban J connectivity index is 1.41. The van der Waals surface area contributed by atoms with Crippen LogP contribution in [0.25, 0.3) is 0 Å². The summed E-state index contributed by atoms with van der Waals surface area (Å²) in [6.07, 6.45) is 4.35. The van der Waals surface area contributed by atoms with Gasteiger partial charge < -0.3 is 19.7 Å². The van der Waals surface area contributed by atoms with Gasteiger partial charge in [-0.3, -0.25) is 19.9 Å². The van der Waals surface area contributed by atoms with Crippen LogP contribution in [-0.2, 0) is 27.2 Å². The summed E-state index contributed by atoms with van der Waals surface area (Å²) < 4.78 is 11.1. The molecule has 2 fully saturated rings. The zero-order valence-electron chi connectivity index (χ0n) is 22.6. The number of carbonyl (C=O) groups excluding carboxylic acids is 2. The maximum absolute atomic E-state index is 13.5. The predicted octanol–water partition coefficient (Wildman–Crippen LogP) is 2.47. The van der Waals surface area contributed by atoms with E-state index in [1.165, 1.54) is 20.4 Å². The van der Waals surface area contributed by atoms with E-state index in [4.69, 9.17) is 14.5 Å². The number of urea groups is 1. The van der Waals surface area contributed by atoms with Crippen LogP contribution in [0.2, 0.25) is 0 Å². The highest BCUT2D eigenvalue weighted by Gasteiger charge is 2.30. The lowest BCUT2D eigenvalue weighted by atomic mass is 10.0. The summed E-state index contributed by atoms with van der Waals surface area (Å²) in [6.45, 7) is 2.67. The molecule has 1 saturated carbocycles. The van der Waals surface area contributed by atoms with Crippen molar-refractivity contribution < 1.29 is 19.1 Å². The predicted molar refractivity (Wildman–Crippen MR) is 144 cm³/mol. The molecule has 0 bridgehead atoms. The first-order chi connectivity index (χ1) is 18.9. The minimum Gasteiger partial charge on any atom is -0.381 e. The number of nitrogens with one attached hydrogen (secondary N) is 2. The fourth-order valence-corrected chi connectivity index (χ4v) is 4.96. The van der Waals surface area contributed by atoms with Crippen LogP contribution in [0.1, 0.15) is 47.9 Å². The molecule has 3 amide bonds. The number of aryl methyl sites for hydroxylation is 1. The van der Waals surface area contributed by atoms with Gasteiger partial charge in [0.15, 0.2) is 0 Å². The second-order valence-electron chi connectivity index (χ2n) is 10.2. The molecule has 2 aromatic rings. The molecule has 2 N–H and O–H groups in total. The Hall–Kier alpha value is -3.79. The molecule has 0 unspecified atom stereocenters. The lowest BCUT2D eigenvalue weighted by molar-refractivity contribution is -0.136. The van der Waals surface area contributed by atoms with Gasteiger partial charge in [-0.05, 0) is 49.9 Å². The molecule has 4 heterocycles. The number of ether oxygens (including phenoxy) is 2. The van der Waals surface area contributed by atoms with Crippen molar-refractivity contribution in [2.24, 2.45) is 0 Å². The number of amides is 3. The highest BCUT2D eigenvalue weighted by atomic mass is 16.7. The number of aromatic nitrogens is 2. The Kier molecular flexibility index (Phi) is 7.92. The average Bonchev–Trinajstić information content (AvgIpc) is 3.75. The molecule has 0 atom stereocenters. The van der Waals surface area contributed by atoms with Gasteiger partial charge in [0.05, 0.1) is 17.8 Å². The van der Waals surface area contributed by atoms with Crippen LogP contribution in [0.4, 0.5) is 22.1 Å². The van der Waals surface area contributed by atoms with Crippen molar-refractivity contribution in [1.82, 2.24) is 19.8 Å². The zero-order chi connectivity index (χ0) is 27.5. The number of nitrogens with zero attached hydrogens (tertiary/aromatic N) is 6. The van der Waals surface area contributed by atoms with Crippen LogP contribution in [0.5, 0.6) is 0 Å². The SMILES string of the molecule is COC(OC)c1nc2c(cc1CN1CCN(C)CC1=O)CCCN2C(=O)Nc1cc(NC2CC2)c(C#N)cn1. The van der Waals surface area contributed by atoms with Crippen LogP contribution in [0.15, 0.2) is 18.3 Å². The zero-order valence-corrected chi connectivity index (χ0v) is 22.6. The van der Waals surface area contributed by atoms with E-state index in [0.717, 1.165) is 43.4 Å². The van der Waals surface area contributed by atoms with E-state index in [1.54, 1.807) is 11.0 Å². The standard InChI is InChI=1S/C27H34N8O4/c1-33-9-10-34(23(36)16-33)15-18-11-17-5-4-8-35(25(17)32-24(18)26(38-2)39-3)27(37)31-22-12-21(30-20-6-7-20)19(13-28)14-29-22/h11-12,14,20,26H,4-10,15-16H2,1-3H3,(H2,29,30,31,37). The van der Waals surface area contributed by atoms with Crippen LogP contribution >= 0.6 is 0 Å². The van der Waals surface area contributed by atoms with E-state index in [1.807, 2.05) is 22.9 Å². The number of nitriles is 1. The molecule has 12 heteroatoms. The van der Waals surface area contributed by atoms with E-state index < -0.39 is 6.29 Å². The van der Waals surface area contributed by atoms with E-state index in [0.29, 0.717) is 60.8 Å². The highest BCUT2D eigenvalue weighted by Crippen LogP contribution is 2.33. The number of hydrogen-bond acceptors (Lipinski definition) is 9. The van der Waals surface area contributed by atoms with Gasteiger partial charge in [0, 0.05) is 58.7 Å². The number of carbonyl (C=O) groups is 2. The minimum absolute atomic E-state index is 0.0604. The number of hydrogen-bond donors (Lipinski definition) is 2. The summed E-state index contributed by atoms with van der Waals surface area (Å²) in [7, 11) is 5.01. The molecule has 0 aromatic carbocycles. The number of pyridine rings is 2. The largest absolute Gasteiger partial charge is 0.381 e. The molecule has 206 valence electrons. The van der Waals surface area contributed by atoms with Crippen molar-refractivity contribution in [3.05, 3.63) is 40.7 Å². The third kappa shape index (κ3) is 5.95. The summed E-state index contributed by atoms with van der Waals surface area (Å²) in [5, 5.41) is 15.6. The topological polar surface area (TPSA) is 136 Å². The lowest BCUT2D eigenvalue weighted by Gasteiger charge is -2.34. The van der Waals surface area contributed by atoms with Crippen molar-refractivity contribution >= 4 is 29.3 Å². The molecular weight excluding hydrogens is 500 g/mol. The van der Waals surface area contributed by atoms with Crippen molar-refractivity contribution in [1.29, 1.82) is 5.26 Å². The fourth-order valence-electron chi connectivity index (χ4n) is 4.96. The van der Waals surface area contributed by atoms with Gasteiger partial charge in [-0.1, -0.05) is 0 Å². The van der Waals surface area contributed by atoms with Crippen LogP contribution < -0.4 is 15.5 Å². The molecule has 5 rings (SSSR count). The molecule has 1 aliphatic carbocycles. The Morgan fingerprint density at radius 2 is 2.03 bits per heavy atom. The quantitative estimate of drug-likeness (QED) is 0.490. The molecule has 2 aliphatic heterocycles. The summed E-state index contributed by atoms with van der Waals surface area (Å²) in [5.41, 5.74) is 3.40. The van der Waals surface area contributed by atoms with Crippen molar-refractivity contribution in [3.63, 3.8) is 0 Å². The number of likely N-dealkylation sites (N-methyl/N-ethyl adjacent to an activating group) is 1. The van der Waals surface area contributed by atoms with E-state index in [2.05, 4.69) is 21.7 Å². The summed E-state index contributed by atoms with van der Waals surface area (Å²) >= 11 is 0. The number of methoxy groups -OCH3 is 2. The monoisotopic (exact) mass is 534 g/mol. The van der Waals surface area contributed by atoms with Gasteiger partial charge in [-0.2, -0.15) is 5.26 Å². The van der Waals surface area contributed by atoms with Crippen LogP contribution in [0, 0.1) is 11.3 Å². The van der Waals surface area contributed by atoms with Gasteiger partial charge >= 0.3 is 6.03 Å². The van der Waals surface area contributed by atoms with E-state index in [9.17, 15) is 14.9 Å². The van der Waals surface area contributed by atoms with Gasteiger partial charge in [0.2, 0.25) is 12.2 Å². The average molecular weight is 535 g/mol. The Morgan fingerprint density at radius 1 is 1.23 bits per heavy atom. The maximum atomic E-state index is 13.5. The molecule has 3 aliphatic rings. The van der Waals surface area contributed by atoms with Crippen molar-refractivity contribution in [3.8, 4) is 6.07 Å². The third-order valence-electron chi connectivity index (χ3n) is 7.24. The van der Waals surface area contributed by atoms with Gasteiger partial charge in [-0.15, -0.1) is 0 Å². The van der Waals surface area contributed by atoms with Crippen molar-refractivity contribution in [2.75, 3.05) is 63.0 Å². The smallest absolute Gasteiger partial charge is 0.328 e. The second-order valence-corrected chi connectivity index (χ2v) is 10.2. The Labute approximate surface area is 227 Å². The number of fused-ring (bicyclic) bond motifs is 1. The summed E-state index contributed by atoms with van der Waals surface area (Å²) in [5.74, 6) is 0.947. The first-order valence-corrected chi connectivity index (χ1v) is 13.2. The first kappa shape index (κ1) is 26.8. The number of anilines is 3. The third-order valence-corrected chi connectivity index (χ3v) is 7.24. The first-order valence-electron chi connectivity index (χ1n) is 13.2. The van der Waals surface area contributed by atoms with Gasteiger partial charge in [-0.25, -0.2) is 14.8 Å². The second kappa shape index (κ2) is 11.5. The molecule has 1 saturated heterocycles. The molecule has 0 radical (unpaired) electrons. The fraction of sp³-hybridized carbons (Fsp3) is 0.519. The molecule has 0 spiro atoms. The van der Waals surface area contributed by atoms with E-state index >= 15 is 0 Å². The highest BCUT2D eigenvalue weighted by molar-refractivity contribution is 6.01. The van der Waals surface area contributed by atoms with Gasteiger partial charge in [0.1, 0.15) is 23.4 Å². The van der Waals surface area contributed by atoms with Crippen LogP contribution in [-0.4, -0.2) is 85.2 Å². The van der Waals surface area contributed by atoms with Crippen LogP contribution in [0.3, 0.4) is 0 Å². The minimum atomic E-state index is -0.754. The molecule has 39 heavy (non-hydrogen) atoms. The van der Waals surface area contributed by atoms with E-state index in [-0.39, 0.29) is 11.9 Å². The number of rotatable bonds is 8. The lowest BCUT2D eigenvalue weighted by Crippen LogP contribution is -2.48. The van der Waals surface area contributed by atoms with Crippen molar-refractivity contribution in [2.45, 2.75) is 44.6 Å². The Bertz CT molecular complexity index is 1290. The number of piperazine rings is 1. The molecule has 12 nitrogen and oxygen atoms in total. The Morgan fingerprint density at radius 3 is 2.72 bits per heavy atom. The summed E-state index contributed by atoms with van der Waals surface area (Å²) in [6, 6.07) is 5.85. The molecular formula is C27H34N8O4. The maximum Gasteiger partial charge on any atom is 0.328 e. The summed E-state index contributed by atoms with van der Waals surface area (Å²) in [4.78, 5) is 40.7. The van der Waals surface area contributed by atoms with Gasteiger partial charge in [0.25, 0.3) is 0 Å².